The molecule has 9 nitrogen and oxygen atoms in total. The second-order valence-corrected chi connectivity index (χ2v) is 10.6. The van der Waals surface area contributed by atoms with Gasteiger partial charge in [0.15, 0.2) is 9.84 Å². The third-order valence-electron chi connectivity index (χ3n) is 4.27. The molecule has 0 bridgehead atoms. The molecule has 1 aromatic heterocycles. The van der Waals surface area contributed by atoms with Crippen LogP contribution in [0, 0.1) is 12.8 Å². The summed E-state index contributed by atoms with van der Waals surface area (Å²) in [5.74, 6) is -0.351. The van der Waals surface area contributed by atoms with Gasteiger partial charge in [0.05, 0.1) is 16.4 Å². The topological polar surface area (TPSA) is 135 Å². The lowest BCUT2D eigenvalue weighted by molar-refractivity contribution is -0.116. The Balaban J connectivity index is 1.62. The number of rotatable bonds is 6. The van der Waals surface area contributed by atoms with E-state index < -0.39 is 19.9 Å². The Bertz CT molecular complexity index is 1080. The molecular weight excluding hydrogens is 404 g/mol. The Morgan fingerprint density at radius 2 is 1.93 bits per heavy atom. The third-order valence-corrected chi connectivity index (χ3v) is 7.45. The van der Waals surface area contributed by atoms with Crippen molar-refractivity contribution in [3.05, 3.63) is 42.2 Å². The molecule has 0 saturated carbocycles. The summed E-state index contributed by atoms with van der Waals surface area (Å²) in [7, 11) is -6.89. The van der Waals surface area contributed by atoms with E-state index in [1.807, 2.05) is 0 Å². The van der Waals surface area contributed by atoms with Crippen LogP contribution < -0.4 is 10.0 Å². The molecule has 1 aromatic carbocycles. The molecule has 28 heavy (non-hydrogen) atoms. The smallest absolute Gasteiger partial charge is 0.264 e. The number of aryl methyl sites for hydroxylation is 1. The fraction of sp³-hybridized carbons (Fsp3) is 0.353. The lowest BCUT2D eigenvalue weighted by Crippen LogP contribution is -2.18. The van der Waals surface area contributed by atoms with Crippen molar-refractivity contribution in [3.63, 3.8) is 0 Å². The number of nitrogens with zero attached hydrogens (tertiary/aromatic N) is 2. The Hall–Kier alpha value is -2.53. The normalized spacial score (nSPS) is 18.5. The Kier molecular flexibility index (Phi) is 5.66. The largest absolute Gasteiger partial charge is 0.326 e. The highest BCUT2D eigenvalue weighted by Crippen LogP contribution is 2.22. The molecule has 11 heteroatoms. The lowest BCUT2D eigenvalue weighted by atomic mass is 10.1. The molecule has 0 unspecified atom stereocenters. The number of sulfonamides is 1. The van der Waals surface area contributed by atoms with Crippen LogP contribution in [0.5, 0.6) is 0 Å². The highest BCUT2D eigenvalue weighted by Gasteiger charge is 2.29. The van der Waals surface area contributed by atoms with Gasteiger partial charge >= 0.3 is 0 Å². The summed E-state index contributed by atoms with van der Waals surface area (Å²) in [6, 6.07) is 7.29. The van der Waals surface area contributed by atoms with Crippen LogP contribution in [0.4, 0.5) is 11.6 Å². The van der Waals surface area contributed by atoms with E-state index >= 15 is 0 Å². The van der Waals surface area contributed by atoms with Gasteiger partial charge in [-0.15, -0.1) is 0 Å². The van der Waals surface area contributed by atoms with E-state index in [2.05, 4.69) is 20.0 Å². The Morgan fingerprint density at radius 3 is 2.54 bits per heavy atom. The van der Waals surface area contributed by atoms with E-state index in [1.165, 1.54) is 30.5 Å². The maximum Gasteiger partial charge on any atom is 0.264 e. The molecule has 1 saturated heterocycles. The number of nitrogens with one attached hydrogen (secondary N) is 2. The van der Waals surface area contributed by atoms with Crippen LogP contribution in [-0.2, 0) is 24.7 Å². The zero-order chi connectivity index (χ0) is 20.4. The van der Waals surface area contributed by atoms with Gasteiger partial charge in [-0.3, -0.25) is 4.79 Å². The molecule has 0 spiro atoms. The van der Waals surface area contributed by atoms with Crippen molar-refractivity contribution >= 4 is 37.4 Å². The first kappa shape index (κ1) is 20.2. The van der Waals surface area contributed by atoms with Crippen LogP contribution in [0.15, 0.2) is 41.4 Å². The average Bonchev–Trinajstić information content (AvgIpc) is 2.93. The van der Waals surface area contributed by atoms with Gasteiger partial charge in [0, 0.05) is 24.0 Å². The summed E-state index contributed by atoms with van der Waals surface area (Å²) in [6.45, 7) is 1.72. The summed E-state index contributed by atoms with van der Waals surface area (Å²) in [5, 5.41) is 2.66. The van der Waals surface area contributed by atoms with Gasteiger partial charge in [0.2, 0.25) is 11.9 Å². The fourth-order valence-electron chi connectivity index (χ4n) is 2.90. The predicted octanol–water partition coefficient (Wildman–Crippen LogP) is 1.35. The van der Waals surface area contributed by atoms with Crippen molar-refractivity contribution < 1.29 is 21.6 Å². The van der Waals surface area contributed by atoms with Gasteiger partial charge in [0.25, 0.3) is 10.0 Å². The zero-order valence-electron chi connectivity index (χ0n) is 15.1. The predicted molar refractivity (Wildman–Crippen MR) is 104 cm³/mol. The second-order valence-electron chi connectivity index (χ2n) is 6.67. The lowest BCUT2D eigenvalue weighted by Gasteiger charge is -2.10. The van der Waals surface area contributed by atoms with Crippen molar-refractivity contribution in [1.29, 1.82) is 0 Å². The summed E-state index contributed by atoms with van der Waals surface area (Å²) in [4.78, 5) is 19.9. The van der Waals surface area contributed by atoms with Gasteiger partial charge in [-0.25, -0.2) is 31.5 Å². The fourth-order valence-corrected chi connectivity index (χ4v) is 5.71. The van der Waals surface area contributed by atoms with E-state index in [4.69, 9.17) is 0 Å². The van der Waals surface area contributed by atoms with Crippen molar-refractivity contribution in [2.24, 2.45) is 5.92 Å². The van der Waals surface area contributed by atoms with E-state index in [0.717, 1.165) is 0 Å². The van der Waals surface area contributed by atoms with Gasteiger partial charge in [-0.05, 0) is 49.6 Å². The number of sulfone groups is 1. The minimum absolute atomic E-state index is 0.00232. The molecule has 150 valence electrons. The van der Waals surface area contributed by atoms with Crippen LogP contribution >= 0.6 is 0 Å². The maximum atomic E-state index is 12.4. The minimum Gasteiger partial charge on any atom is -0.326 e. The van der Waals surface area contributed by atoms with Gasteiger partial charge in [-0.2, -0.15) is 0 Å². The van der Waals surface area contributed by atoms with Crippen molar-refractivity contribution in [2.45, 2.75) is 24.7 Å². The molecule has 1 aliphatic heterocycles. The number of anilines is 2. The first-order valence-corrected chi connectivity index (χ1v) is 11.9. The number of aromatic nitrogens is 2. The second kappa shape index (κ2) is 7.84. The number of benzene rings is 1. The molecule has 2 aromatic rings. The first-order chi connectivity index (χ1) is 13.1. The number of carbonyl (C=O) groups is 1. The SMILES string of the molecule is Cc1ccnc(NS(=O)(=O)c2ccc(NC(=O)C[C@H]3CCS(=O)(=O)C3)cc2)n1. The van der Waals surface area contributed by atoms with E-state index in [1.54, 1.807) is 13.0 Å². The summed E-state index contributed by atoms with van der Waals surface area (Å²) >= 11 is 0. The summed E-state index contributed by atoms with van der Waals surface area (Å²) in [5.41, 5.74) is 1.05. The summed E-state index contributed by atoms with van der Waals surface area (Å²) < 4.78 is 50.0. The summed E-state index contributed by atoms with van der Waals surface area (Å²) in [6.07, 6.45) is 2.06. The van der Waals surface area contributed by atoms with Gasteiger partial charge in [-0.1, -0.05) is 0 Å². The van der Waals surface area contributed by atoms with Crippen molar-refractivity contribution in [3.8, 4) is 0 Å². The number of hydrogen-bond acceptors (Lipinski definition) is 7. The molecule has 2 N–H and O–H groups in total. The molecule has 0 aliphatic carbocycles. The third kappa shape index (κ3) is 5.26. The minimum atomic E-state index is -3.86. The number of carbonyl (C=O) groups excluding carboxylic acids is 1. The molecule has 3 rings (SSSR count). The molecular formula is C17H20N4O5S2. The Labute approximate surface area is 163 Å². The monoisotopic (exact) mass is 424 g/mol. The molecule has 1 aliphatic rings. The van der Waals surface area contributed by atoms with Gasteiger partial charge in [0.1, 0.15) is 0 Å². The van der Waals surface area contributed by atoms with E-state index in [0.29, 0.717) is 17.8 Å². The number of hydrogen-bond donors (Lipinski definition) is 2. The van der Waals surface area contributed by atoms with E-state index in [-0.39, 0.29) is 40.6 Å². The van der Waals surface area contributed by atoms with Crippen LogP contribution in [0.3, 0.4) is 0 Å². The highest BCUT2D eigenvalue weighted by molar-refractivity contribution is 7.92. The highest BCUT2D eigenvalue weighted by atomic mass is 32.2. The Morgan fingerprint density at radius 1 is 1.21 bits per heavy atom. The number of amides is 1. The molecule has 2 heterocycles. The average molecular weight is 425 g/mol. The van der Waals surface area contributed by atoms with Crippen LogP contribution in [0.1, 0.15) is 18.5 Å². The first-order valence-electron chi connectivity index (χ1n) is 8.56. The van der Waals surface area contributed by atoms with Crippen LogP contribution in [0.2, 0.25) is 0 Å². The zero-order valence-corrected chi connectivity index (χ0v) is 16.8. The van der Waals surface area contributed by atoms with Crippen LogP contribution in [-0.4, -0.2) is 44.2 Å². The molecule has 1 fully saturated rings. The van der Waals surface area contributed by atoms with Gasteiger partial charge < -0.3 is 5.32 Å². The molecule has 1 atom stereocenters. The molecule has 0 radical (unpaired) electrons. The van der Waals surface area contributed by atoms with Crippen molar-refractivity contribution in [2.75, 3.05) is 21.5 Å². The standard InChI is InChI=1S/C17H20N4O5S2/c1-12-6-8-18-17(19-12)21-28(25,26)15-4-2-14(3-5-15)20-16(22)10-13-7-9-27(23,24)11-13/h2-6,8,13H,7,9-11H2,1H3,(H,20,22)(H,18,19,21)/t13-/m1/s1. The maximum absolute atomic E-state index is 12.4. The van der Waals surface area contributed by atoms with Crippen molar-refractivity contribution in [1.82, 2.24) is 9.97 Å². The van der Waals surface area contributed by atoms with E-state index in [9.17, 15) is 21.6 Å². The quantitative estimate of drug-likeness (QED) is 0.714. The van der Waals surface area contributed by atoms with Crippen LogP contribution in [0.25, 0.3) is 0 Å². The molecule has 1 amide bonds.